The van der Waals surface area contributed by atoms with Crippen LogP contribution in [0.3, 0.4) is 0 Å². The molecule has 0 aromatic carbocycles. The molecule has 0 radical (unpaired) electrons. The maximum atomic E-state index is 11.6. The molecule has 108 valence electrons. The lowest BCUT2D eigenvalue weighted by molar-refractivity contribution is -0.145. The number of hydrogen-bond donors (Lipinski definition) is 0. The second-order valence-electron chi connectivity index (χ2n) is 4.91. The Morgan fingerprint density at radius 1 is 1.47 bits per heavy atom. The lowest BCUT2D eigenvalue weighted by Gasteiger charge is -2.25. The van der Waals surface area contributed by atoms with Crippen LogP contribution in [0.2, 0.25) is 0 Å². The van der Waals surface area contributed by atoms with Gasteiger partial charge in [0.25, 0.3) is 0 Å². The molecule has 19 heavy (non-hydrogen) atoms. The Morgan fingerprint density at radius 3 is 2.63 bits per heavy atom. The molecule has 0 aliphatic carbocycles. The molecule has 0 bridgehead atoms. The van der Waals surface area contributed by atoms with E-state index < -0.39 is 0 Å². The summed E-state index contributed by atoms with van der Waals surface area (Å²) in [6.07, 6.45) is 0.924. The SMILES string of the molecule is CCOC(=O)CN(Cc1cc(CC)nn1C)C(C)C. The minimum absolute atomic E-state index is 0.172. The zero-order chi connectivity index (χ0) is 14.4. The van der Waals surface area contributed by atoms with E-state index >= 15 is 0 Å². The summed E-state index contributed by atoms with van der Waals surface area (Å²) in [7, 11) is 1.94. The number of hydrogen-bond acceptors (Lipinski definition) is 4. The molecule has 0 N–H and O–H groups in total. The number of nitrogens with zero attached hydrogens (tertiary/aromatic N) is 3. The number of rotatable bonds is 7. The minimum atomic E-state index is -0.172. The van der Waals surface area contributed by atoms with Gasteiger partial charge in [-0.1, -0.05) is 6.92 Å². The van der Waals surface area contributed by atoms with E-state index in [1.54, 1.807) is 0 Å². The Balaban J connectivity index is 2.72. The normalized spacial score (nSPS) is 11.3. The topological polar surface area (TPSA) is 47.4 Å². The maximum absolute atomic E-state index is 11.6. The van der Waals surface area contributed by atoms with Gasteiger partial charge in [0.05, 0.1) is 24.5 Å². The fourth-order valence-corrected chi connectivity index (χ4v) is 1.89. The van der Waals surface area contributed by atoms with Crippen molar-refractivity contribution in [2.75, 3.05) is 13.2 Å². The van der Waals surface area contributed by atoms with Crippen LogP contribution in [0.25, 0.3) is 0 Å². The monoisotopic (exact) mass is 267 g/mol. The first-order valence-corrected chi connectivity index (χ1v) is 6.89. The first kappa shape index (κ1) is 15.7. The molecular weight excluding hydrogens is 242 g/mol. The van der Waals surface area contributed by atoms with Crippen LogP contribution in [-0.2, 0) is 29.5 Å². The smallest absolute Gasteiger partial charge is 0.320 e. The summed E-state index contributed by atoms with van der Waals surface area (Å²) in [6.45, 7) is 9.53. The van der Waals surface area contributed by atoms with Crippen molar-refractivity contribution in [3.05, 3.63) is 17.5 Å². The van der Waals surface area contributed by atoms with E-state index in [2.05, 4.69) is 36.8 Å². The van der Waals surface area contributed by atoms with E-state index in [0.29, 0.717) is 19.7 Å². The van der Waals surface area contributed by atoms with E-state index in [4.69, 9.17) is 4.74 Å². The summed E-state index contributed by atoms with van der Waals surface area (Å²) < 4.78 is 6.90. The van der Waals surface area contributed by atoms with Crippen LogP contribution in [0.15, 0.2) is 6.07 Å². The average molecular weight is 267 g/mol. The Bertz CT molecular complexity index is 413. The highest BCUT2D eigenvalue weighted by atomic mass is 16.5. The maximum Gasteiger partial charge on any atom is 0.320 e. The van der Waals surface area contributed by atoms with E-state index in [9.17, 15) is 4.79 Å². The molecular formula is C14H25N3O2. The predicted octanol–water partition coefficient (Wildman–Crippen LogP) is 1.76. The molecule has 0 aliphatic heterocycles. The number of aryl methyl sites for hydroxylation is 2. The van der Waals surface area contributed by atoms with Crippen molar-refractivity contribution < 1.29 is 9.53 Å². The van der Waals surface area contributed by atoms with E-state index in [-0.39, 0.29) is 12.0 Å². The van der Waals surface area contributed by atoms with Crippen molar-refractivity contribution in [2.45, 2.75) is 46.7 Å². The molecule has 1 rings (SSSR count). The lowest BCUT2D eigenvalue weighted by Crippen LogP contribution is -2.36. The van der Waals surface area contributed by atoms with Gasteiger partial charge >= 0.3 is 5.97 Å². The first-order chi connectivity index (χ1) is 8.97. The number of ether oxygens (including phenoxy) is 1. The van der Waals surface area contributed by atoms with E-state index in [1.165, 1.54) is 0 Å². The highest BCUT2D eigenvalue weighted by Crippen LogP contribution is 2.10. The molecule has 0 amide bonds. The fourth-order valence-electron chi connectivity index (χ4n) is 1.89. The molecule has 5 nitrogen and oxygen atoms in total. The van der Waals surface area contributed by atoms with Gasteiger partial charge in [0.1, 0.15) is 0 Å². The quantitative estimate of drug-likeness (QED) is 0.706. The third kappa shape index (κ3) is 4.67. The summed E-state index contributed by atoms with van der Waals surface area (Å²) in [5.74, 6) is -0.172. The summed E-state index contributed by atoms with van der Waals surface area (Å²) in [5, 5.41) is 4.43. The second-order valence-corrected chi connectivity index (χ2v) is 4.91. The van der Waals surface area contributed by atoms with Crippen molar-refractivity contribution in [1.29, 1.82) is 0 Å². The lowest BCUT2D eigenvalue weighted by atomic mass is 10.2. The number of aromatic nitrogens is 2. The van der Waals surface area contributed by atoms with Gasteiger partial charge < -0.3 is 4.74 Å². The van der Waals surface area contributed by atoms with Crippen LogP contribution in [0.1, 0.15) is 39.1 Å². The van der Waals surface area contributed by atoms with Gasteiger partial charge in [-0.2, -0.15) is 5.10 Å². The van der Waals surface area contributed by atoms with Crippen LogP contribution in [0.4, 0.5) is 0 Å². The van der Waals surface area contributed by atoms with Gasteiger partial charge in [0.15, 0.2) is 0 Å². The van der Waals surface area contributed by atoms with Gasteiger partial charge in [-0.15, -0.1) is 0 Å². The first-order valence-electron chi connectivity index (χ1n) is 6.89. The van der Waals surface area contributed by atoms with Gasteiger partial charge in [-0.25, -0.2) is 0 Å². The average Bonchev–Trinajstić information content (AvgIpc) is 2.69. The molecule has 0 saturated carbocycles. The summed E-state index contributed by atoms with van der Waals surface area (Å²) in [5.41, 5.74) is 2.20. The third-order valence-electron chi connectivity index (χ3n) is 3.12. The van der Waals surface area contributed by atoms with Crippen molar-refractivity contribution in [1.82, 2.24) is 14.7 Å². The highest BCUT2D eigenvalue weighted by molar-refractivity contribution is 5.71. The number of carbonyl (C=O) groups is 1. The summed E-state index contributed by atoms with van der Waals surface area (Å²) in [6, 6.07) is 2.38. The zero-order valence-electron chi connectivity index (χ0n) is 12.6. The molecule has 5 heteroatoms. The highest BCUT2D eigenvalue weighted by Gasteiger charge is 2.17. The van der Waals surface area contributed by atoms with Crippen LogP contribution in [0, 0.1) is 0 Å². The molecule has 0 saturated heterocycles. The van der Waals surface area contributed by atoms with Gasteiger partial charge in [-0.3, -0.25) is 14.4 Å². The standard InChI is InChI=1S/C14H25N3O2/c1-6-12-8-13(16(5)15-12)9-17(11(3)4)10-14(18)19-7-2/h8,11H,6-7,9-10H2,1-5H3. The van der Waals surface area contributed by atoms with E-state index in [0.717, 1.165) is 17.8 Å². The Hall–Kier alpha value is -1.36. The van der Waals surface area contributed by atoms with Gasteiger partial charge in [-0.05, 0) is 33.3 Å². The Kier molecular flexibility index (Phi) is 6.02. The van der Waals surface area contributed by atoms with Gasteiger partial charge in [0.2, 0.25) is 0 Å². The Morgan fingerprint density at radius 2 is 2.16 bits per heavy atom. The predicted molar refractivity (Wildman–Crippen MR) is 74.8 cm³/mol. The number of esters is 1. The fraction of sp³-hybridized carbons (Fsp3) is 0.714. The van der Waals surface area contributed by atoms with Crippen LogP contribution in [0.5, 0.6) is 0 Å². The Labute approximate surface area is 115 Å². The van der Waals surface area contributed by atoms with Crippen molar-refractivity contribution in [3.63, 3.8) is 0 Å². The molecule has 0 unspecified atom stereocenters. The summed E-state index contributed by atoms with van der Waals surface area (Å²) >= 11 is 0. The molecule has 1 aromatic rings. The molecule has 1 aromatic heterocycles. The van der Waals surface area contributed by atoms with Crippen molar-refractivity contribution in [3.8, 4) is 0 Å². The third-order valence-corrected chi connectivity index (χ3v) is 3.12. The van der Waals surface area contributed by atoms with Crippen LogP contribution < -0.4 is 0 Å². The molecule has 0 spiro atoms. The van der Waals surface area contributed by atoms with Crippen molar-refractivity contribution >= 4 is 5.97 Å². The van der Waals surface area contributed by atoms with Crippen LogP contribution in [-0.4, -0.2) is 39.8 Å². The van der Waals surface area contributed by atoms with Gasteiger partial charge in [0, 0.05) is 19.6 Å². The molecule has 0 atom stereocenters. The van der Waals surface area contributed by atoms with E-state index in [1.807, 2.05) is 18.7 Å². The second kappa shape index (κ2) is 7.28. The zero-order valence-corrected chi connectivity index (χ0v) is 12.6. The molecule has 1 heterocycles. The molecule has 0 aliphatic rings. The van der Waals surface area contributed by atoms with Crippen LogP contribution >= 0.6 is 0 Å². The number of carbonyl (C=O) groups excluding carboxylic acids is 1. The molecule has 0 fully saturated rings. The van der Waals surface area contributed by atoms with Crippen molar-refractivity contribution in [2.24, 2.45) is 7.05 Å². The summed E-state index contributed by atoms with van der Waals surface area (Å²) in [4.78, 5) is 13.7. The largest absolute Gasteiger partial charge is 0.465 e. The minimum Gasteiger partial charge on any atom is -0.465 e.